The fraction of sp³-hybridized carbons (Fsp3) is 0.562. The summed E-state index contributed by atoms with van der Waals surface area (Å²) in [6.07, 6.45) is 0.962. The lowest BCUT2D eigenvalue weighted by Crippen LogP contribution is -2.21. The highest BCUT2D eigenvalue weighted by Gasteiger charge is 2.17. The van der Waals surface area contributed by atoms with Crippen molar-refractivity contribution < 1.29 is 0 Å². The molecule has 1 heterocycles. The second kappa shape index (κ2) is 6.80. The smallest absolute Gasteiger partial charge is 0.171 e. The summed E-state index contributed by atoms with van der Waals surface area (Å²) in [5.74, 6) is 1.26. The Labute approximate surface area is 127 Å². The van der Waals surface area contributed by atoms with Gasteiger partial charge >= 0.3 is 0 Å². The second-order valence-electron chi connectivity index (χ2n) is 6.09. The van der Waals surface area contributed by atoms with Crippen LogP contribution in [0.15, 0.2) is 24.3 Å². The van der Waals surface area contributed by atoms with Gasteiger partial charge < -0.3 is 4.90 Å². The summed E-state index contributed by atoms with van der Waals surface area (Å²) in [5.41, 5.74) is 2.59. The first kappa shape index (κ1) is 15.6. The van der Waals surface area contributed by atoms with Crippen LogP contribution < -0.4 is 0 Å². The van der Waals surface area contributed by atoms with Crippen LogP contribution in [0.4, 0.5) is 0 Å². The van der Waals surface area contributed by atoms with Crippen LogP contribution in [0.5, 0.6) is 0 Å². The molecular weight excluding hydrogens is 262 g/mol. The van der Waals surface area contributed by atoms with Crippen molar-refractivity contribution >= 4 is 0 Å². The summed E-state index contributed by atoms with van der Waals surface area (Å²) >= 11 is 0. The first-order valence-corrected chi connectivity index (χ1v) is 7.48. The molecule has 2 rings (SSSR count). The molecule has 0 saturated carbocycles. The van der Waals surface area contributed by atoms with E-state index in [1.54, 1.807) is 4.80 Å². The zero-order valence-corrected chi connectivity index (χ0v) is 13.6. The minimum Gasteiger partial charge on any atom is -0.309 e. The highest BCUT2D eigenvalue weighted by molar-refractivity contribution is 5.27. The van der Waals surface area contributed by atoms with Crippen LogP contribution in [0.3, 0.4) is 0 Å². The molecule has 0 bridgehead atoms. The van der Waals surface area contributed by atoms with Crippen molar-refractivity contribution in [2.75, 3.05) is 20.6 Å². The molecule has 0 aliphatic heterocycles. The van der Waals surface area contributed by atoms with Crippen LogP contribution >= 0.6 is 0 Å². The minimum absolute atomic E-state index is 0.134. The van der Waals surface area contributed by atoms with Gasteiger partial charge in [0.15, 0.2) is 5.82 Å². The standard InChI is InChI=1S/C16H25N5/c1-12(2)14-6-8-15(9-7-14)16(10-11-20(4)5)21-18-13(3)17-19-21/h6-9,12,16H,10-11H2,1-5H3. The average Bonchev–Trinajstić information content (AvgIpc) is 2.85. The molecule has 1 atom stereocenters. The first-order valence-electron chi connectivity index (χ1n) is 7.48. The Balaban J connectivity index is 2.25. The Hall–Kier alpha value is -1.75. The molecule has 114 valence electrons. The van der Waals surface area contributed by atoms with Gasteiger partial charge in [-0.25, -0.2) is 0 Å². The van der Waals surface area contributed by atoms with Gasteiger partial charge in [0.2, 0.25) is 0 Å². The predicted octanol–water partition coefficient (Wildman–Crippen LogP) is 2.65. The van der Waals surface area contributed by atoms with E-state index >= 15 is 0 Å². The van der Waals surface area contributed by atoms with E-state index in [4.69, 9.17) is 0 Å². The monoisotopic (exact) mass is 287 g/mol. The zero-order chi connectivity index (χ0) is 15.4. The molecule has 1 unspecified atom stereocenters. The van der Waals surface area contributed by atoms with Crippen LogP contribution in [0.25, 0.3) is 0 Å². The first-order chi connectivity index (χ1) is 9.97. The Morgan fingerprint density at radius 1 is 1.10 bits per heavy atom. The van der Waals surface area contributed by atoms with Gasteiger partial charge in [-0.2, -0.15) is 4.80 Å². The lowest BCUT2D eigenvalue weighted by atomic mass is 9.98. The summed E-state index contributed by atoms with van der Waals surface area (Å²) < 4.78 is 0. The van der Waals surface area contributed by atoms with Crippen molar-refractivity contribution in [1.29, 1.82) is 0 Å². The van der Waals surface area contributed by atoms with Gasteiger partial charge in [0, 0.05) is 0 Å². The van der Waals surface area contributed by atoms with Crippen molar-refractivity contribution in [3.05, 3.63) is 41.2 Å². The van der Waals surface area contributed by atoms with E-state index in [1.165, 1.54) is 11.1 Å². The van der Waals surface area contributed by atoms with E-state index in [-0.39, 0.29) is 6.04 Å². The molecule has 0 aliphatic carbocycles. The molecule has 5 heteroatoms. The van der Waals surface area contributed by atoms with Gasteiger partial charge in [-0.1, -0.05) is 38.1 Å². The quantitative estimate of drug-likeness (QED) is 0.819. The summed E-state index contributed by atoms with van der Waals surface area (Å²) in [7, 11) is 4.16. The third-order valence-corrected chi connectivity index (χ3v) is 3.64. The largest absolute Gasteiger partial charge is 0.309 e. The van der Waals surface area contributed by atoms with E-state index in [2.05, 4.69) is 72.5 Å². The Bertz CT molecular complexity index is 556. The number of aromatic nitrogens is 4. The minimum atomic E-state index is 0.134. The van der Waals surface area contributed by atoms with Crippen LogP contribution in [0, 0.1) is 6.92 Å². The third-order valence-electron chi connectivity index (χ3n) is 3.64. The number of nitrogens with zero attached hydrogens (tertiary/aromatic N) is 5. The maximum atomic E-state index is 4.40. The normalized spacial score (nSPS) is 13.1. The molecule has 0 amide bonds. The number of benzene rings is 1. The van der Waals surface area contributed by atoms with Crippen molar-refractivity contribution in [3.8, 4) is 0 Å². The molecule has 0 aliphatic rings. The Morgan fingerprint density at radius 3 is 2.19 bits per heavy atom. The third kappa shape index (κ3) is 4.11. The Kier molecular flexibility index (Phi) is 5.07. The molecule has 0 N–H and O–H groups in total. The molecule has 5 nitrogen and oxygen atoms in total. The van der Waals surface area contributed by atoms with Crippen molar-refractivity contribution in [2.45, 2.75) is 39.2 Å². The van der Waals surface area contributed by atoms with Crippen molar-refractivity contribution in [3.63, 3.8) is 0 Å². The van der Waals surface area contributed by atoms with E-state index in [0.29, 0.717) is 11.7 Å². The number of hydrogen-bond donors (Lipinski definition) is 0. The lowest BCUT2D eigenvalue weighted by molar-refractivity contribution is 0.339. The number of aryl methyl sites for hydroxylation is 1. The summed E-state index contributed by atoms with van der Waals surface area (Å²) in [6.45, 7) is 7.27. The topological polar surface area (TPSA) is 46.8 Å². The molecular formula is C16H25N5. The van der Waals surface area contributed by atoms with Gasteiger partial charge in [-0.05, 0) is 56.2 Å². The van der Waals surface area contributed by atoms with Crippen LogP contribution in [-0.2, 0) is 0 Å². The lowest BCUT2D eigenvalue weighted by Gasteiger charge is -2.19. The molecule has 0 fully saturated rings. The summed E-state index contributed by atoms with van der Waals surface area (Å²) in [6, 6.07) is 8.91. The SMILES string of the molecule is Cc1nnn(C(CCN(C)C)c2ccc(C(C)C)cc2)n1. The average molecular weight is 287 g/mol. The van der Waals surface area contributed by atoms with Gasteiger partial charge in [-0.3, -0.25) is 0 Å². The molecule has 0 radical (unpaired) electrons. The predicted molar refractivity (Wildman–Crippen MR) is 84.4 cm³/mol. The molecule has 2 aromatic rings. The van der Waals surface area contributed by atoms with E-state index in [9.17, 15) is 0 Å². The summed E-state index contributed by atoms with van der Waals surface area (Å²) in [4.78, 5) is 3.92. The van der Waals surface area contributed by atoms with Crippen LogP contribution in [0.1, 0.15) is 49.2 Å². The van der Waals surface area contributed by atoms with E-state index < -0.39 is 0 Å². The number of hydrogen-bond acceptors (Lipinski definition) is 4. The van der Waals surface area contributed by atoms with Gasteiger partial charge in [0.25, 0.3) is 0 Å². The van der Waals surface area contributed by atoms with Gasteiger partial charge in [-0.15, -0.1) is 10.2 Å². The fourth-order valence-electron chi connectivity index (χ4n) is 2.33. The molecule has 21 heavy (non-hydrogen) atoms. The van der Waals surface area contributed by atoms with E-state index in [0.717, 1.165) is 13.0 Å². The number of tetrazole rings is 1. The fourth-order valence-corrected chi connectivity index (χ4v) is 2.33. The highest BCUT2D eigenvalue weighted by Crippen LogP contribution is 2.23. The van der Waals surface area contributed by atoms with Crippen LogP contribution in [-0.4, -0.2) is 45.7 Å². The molecule has 0 saturated heterocycles. The van der Waals surface area contributed by atoms with Gasteiger partial charge in [0.1, 0.15) is 0 Å². The molecule has 1 aromatic carbocycles. The maximum Gasteiger partial charge on any atom is 0.171 e. The Morgan fingerprint density at radius 2 is 1.71 bits per heavy atom. The van der Waals surface area contributed by atoms with Crippen molar-refractivity contribution in [1.82, 2.24) is 25.1 Å². The van der Waals surface area contributed by atoms with E-state index in [1.807, 2.05) is 6.92 Å². The number of rotatable bonds is 6. The summed E-state index contributed by atoms with van der Waals surface area (Å²) in [5, 5.41) is 12.6. The second-order valence-corrected chi connectivity index (χ2v) is 6.09. The maximum absolute atomic E-state index is 4.40. The van der Waals surface area contributed by atoms with Gasteiger partial charge in [0.05, 0.1) is 6.04 Å². The zero-order valence-electron chi connectivity index (χ0n) is 13.6. The van der Waals surface area contributed by atoms with Crippen LogP contribution in [0.2, 0.25) is 0 Å². The molecule has 1 aromatic heterocycles. The highest BCUT2D eigenvalue weighted by atomic mass is 15.6. The molecule has 0 spiro atoms. The van der Waals surface area contributed by atoms with Crippen molar-refractivity contribution in [2.24, 2.45) is 0 Å².